The normalized spacial score (nSPS) is 10.4. The molecule has 0 saturated heterocycles. The first kappa shape index (κ1) is 17.0. The number of furan rings is 1. The molecule has 2 rings (SSSR count). The van der Waals surface area contributed by atoms with Crippen molar-refractivity contribution in [2.24, 2.45) is 0 Å². The maximum atomic E-state index is 12.2. The minimum absolute atomic E-state index is 0.145. The van der Waals surface area contributed by atoms with Gasteiger partial charge in [0.2, 0.25) is 0 Å². The van der Waals surface area contributed by atoms with Crippen molar-refractivity contribution in [3.63, 3.8) is 0 Å². The molecular formula is C17H16N2O5. The van der Waals surface area contributed by atoms with Gasteiger partial charge in [-0.2, -0.15) is 0 Å². The Morgan fingerprint density at radius 3 is 2.62 bits per heavy atom. The van der Waals surface area contributed by atoms with Crippen molar-refractivity contribution in [1.82, 2.24) is 5.32 Å². The first-order valence-corrected chi connectivity index (χ1v) is 7.08. The van der Waals surface area contributed by atoms with E-state index in [0.29, 0.717) is 11.3 Å². The molecule has 7 nitrogen and oxygen atoms in total. The minimum atomic E-state index is -0.504. The molecule has 2 N–H and O–H groups in total. The van der Waals surface area contributed by atoms with E-state index < -0.39 is 11.9 Å². The van der Waals surface area contributed by atoms with Gasteiger partial charge in [0.05, 0.1) is 24.6 Å². The van der Waals surface area contributed by atoms with E-state index in [1.54, 1.807) is 30.3 Å². The number of esters is 1. The van der Waals surface area contributed by atoms with Crippen molar-refractivity contribution in [3.8, 4) is 0 Å². The lowest BCUT2D eigenvalue weighted by molar-refractivity contribution is -0.134. The van der Waals surface area contributed by atoms with Gasteiger partial charge in [-0.15, -0.1) is 0 Å². The SMILES string of the molecule is COC(=O)/C=C/CNC(=O)c1ccccc1NC(=O)c1ccco1. The highest BCUT2D eigenvalue weighted by Crippen LogP contribution is 2.16. The van der Waals surface area contributed by atoms with E-state index in [1.165, 1.54) is 31.6 Å². The average Bonchev–Trinajstić information content (AvgIpc) is 3.13. The number of hydrogen-bond donors (Lipinski definition) is 2. The molecule has 0 aliphatic carbocycles. The summed E-state index contributed by atoms with van der Waals surface area (Å²) in [5.41, 5.74) is 0.650. The molecular weight excluding hydrogens is 312 g/mol. The highest BCUT2D eigenvalue weighted by molar-refractivity contribution is 6.07. The Morgan fingerprint density at radius 2 is 1.92 bits per heavy atom. The van der Waals surface area contributed by atoms with E-state index in [2.05, 4.69) is 15.4 Å². The van der Waals surface area contributed by atoms with Gasteiger partial charge in [0, 0.05) is 12.6 Å². The standard InChI is InChI=1S/C17H16N2O5/c1-23-15(20)9-4-10-18-16(21)12-6-2-3-7-13(12)19-17(22)14-8-5-11-24-14/h2-9,11H,10H2,1H3,(H,18,21)(H,19,22)/b9-4+. The number of amides is 2. The van der Waals surface area contributed by atoms with Crippen LogP contribution < -0.4 is 10.6 Å². The van der Waals surface area contributed by atoms with Crippen molar-refractivity contribution >= 4 is 23.5 Å². The third-order valence-corrected chi connectivity index (χ3v) is 3.00. The zero-order chi connectivity index (χ0) is 17.4. The van der Waals surface area contributed by atoms with Gasteiger partial charge in [0.15, 0.2) is 5.76 Å². The predicted molar refractivity (Wildman–Crippen MR) is 86.6 cm³/mol. The lowest BCUT2D eigenvalue weighted by Crippen LogP contribution is -2.25. The van der Waals surface area contributed by atoms with Crippen LogP contribution in [0.4, 0.5) is 5.69 Å². The summed E-state index contributed by atoms with van der Waals surface area (Å²) in [6.45, 7) is 0.147. The van der Waals surface area contributed by atoms with Crippen LogP contribution in [0.25, 0.3) is 0 Å². The summed E-state index contributed by atoms with van der Waals surface area (Å²) in [7, 11) is 1.27. The van der Waals surface area contributed by atoms with Crippen LogP contribution >= 0.6 is 0 Å². The Hall–Kier alpha value is -3.35. The highest BCUT2D eigenvalue weighted by Gasteiger charge is 2.14. The molecule has 0 unspecified atom stereocenters. The van der Waals surface area contributed by atoms with Crippen molar-refractivity contribution < 1.29 is 23.5 Å². The first-order chi connectivity index (χ1) is 11.6. The molecule has 2 amide bonds. The van der Waals surface area contributed by atoms with Crippen molar-refractivity contribution in [2.45, 2.75) is 0 Å². The summed E-state index contributed by atoms with van der Waals surface area (Å²) in [4.78, 5) is 35.2. The fourth-order valence-electron chi connectivity index (χ4n) is 1.85. The summed E-state index contributed by atoms with van der Waals surface area (Å²) in [6.07, 6.45) is 4.07. The second-order valence-electron chi connectivity index (χ2n) is 4.61. The van der Waals surface area contributed by atoms with Crippen LogP contribution in [0.15, 0.2) is 59.2 Å². The van der Waals surface area contributed by atoms with Crippen LogP contribution in [0, 0.1) is 0 Å². The summed E-state index contributed by atoms with van der Waals surface area (Å²) < 4.78 is 9.46. The lowest BCUT2D eigenvalue weighted by Gasteiger charge is -2.09. The first-order valence-electron chi connectivity index (χ1n) is 7.08. The Morgan fingerprint density at radius 1 is 1.12 bits per heavy atom. The molecule has 0 atom stereocenters. The fourth-order valence-corrected chi connectivity index (χ4v) is 1.85. The molecule has 0 aliphatic heterocycles. The van der Waals surface area contributed by atoms with E-state index in [0.717, 1.165) is 0 Å². The number of ether oxygens (including phenoxy) is 1. The van der Waals surface area contributed by atoms with E-state index >= 15 is 0 Å². The Kier molecular flexibility index (Phi) is 5.90. The topological polar surface area (TPSA) is 97.6 Å². The Labute approximate surface area is 138 Å². The van der Waals surface area contributed by atoms with Crippen molar-refractivity contribution in [3.05, 3.63) is 66.1 Å². The summed E-state index contributed by atoms with van der Waals surface area (Å²) in [5.74, 6) is -1.20. The molecule has 0 spiro atoms. The molecule has 1 aromatic heterocycles. The van der Waals surface area contributed by atoms with Crippen molar-refractivity contribution in [2.75, 3.05) is 19.0 Å². The van der Waals surface area contributed by atoms with Crippen LogP contribution in [-0.4, -0.2) is 31.4 Å². The van der Waals surface area contributed by atoms with E-state index in [1.807, 2.05) is 0 Å². The van der Waals surface area contributed by atoms with Crippen LogP contribution in [-0.2, 0) is 9.53 Å². The van der Waals surface area contributed by atoms with E-state index in [4.69, 9.17) is 4.42 Å². The molecule has 0 radical (unpaired) electrons. The number of nitrogens with one attached hydrogen (secondary N) is 2. The molecule has 0 fully saturated rings. The minimum Gasteiger partial charge on any atom is -0.466 e. The van der Waals surface area contributed by atoms with E-state index in [-0.39, 0.29) is 18.2 Å². The monoisotopic (exact) mass is 328 g/mol. The number of anilines is 1. The summed E-state index contributed by atoms with van der Waals surface area (Å²) in [6, 6.07) is 9.70. The number of para-hydroxylation sites is 1. The van der Waals surface area contributed by atoms with E-state index in [9.17, 15) is 14.4 Å². The lowest BCUT2D eigenvalue weighted by atomic mass is 10.1. The fraction of sp³-hybridized carbons (Fsp3) is 0.118. The van der Waals surface area contributed by atoms with Gasteiger partial charge in [-0.3, -0.25) is 9.59 Å². The molecule has 24 heavy (non-hydrogen) atoms. The molecule has 0 saturated carbocycles. The van der Waals surface area contributed by atoms with Gasteiger partial charge >= 0.3 is 5.97 Å². The number of rotatable bonds is 6. The quantitative estimate of drug-likeness (QED) is 0.624. The Bertz CT molecular complexity index is 750. The van der Waals surface area contributed by atoms with Gasteiger partial charge < -0.3 is 19.8 Å². The summed E-state index contributed by atoms with van der Waals surface area (Å²) in [5, 5.41) is 5.24. The maximum Gasteiger partial charge on any atom is 0.330 e. The molecule has 124 valence electrons. The number of methoxy groups -OCH3 is 1. The highest BCUT2D eigenvalue weighted by atomic mass is 16.5. The van der Waals surface area contributed by atoms with Gasteiger partial charge in [0.25, 0.3) is 11.8 Å². The molecule has 2 aromatic rings. The van der Waals surface area contributed by atoms with Crippen LogP contribution in [0.3, 0.4) is 0 Å². The third kappa shape index (κ3) is 4.57. The maximum absolute atomic E-state index is 12.2. The van der Waals surface area contributed by atoms with Gasteiger partial charge in [0.1, 0.15) is 0 Å². The smallest absolute Gasteiger partial charge is 0.330 e. The third-order valence-electron chi connectivity index (χ3n) is 3.00. The second-order valence-corrected chi connectivity index (χ2v) is 4.61. The molecule has 7 heteroatoms. The number of hydrogen-bond acceptors (Lipinski definition) is 5. The largest absolute Gasteiger partial charge is 0.466 e. The number of benzene rings is 1. The summed E-state index contributed by atoms with van der Waals surface area (Å²) >= 11 is 0. The second kappa shape index (κ2) is 8.33. The zero-order valence-electron chi connectivity index (χ0n) is 12.9. The average molecular weight is 328 g/mol. The van der Waals surface area contributed by atoms with Crippen molar-refractivity contribution in [1.29, 1.82) is 0 Å². The molecule has 0 aliphatic rings. The predicted octanol–water partition coefficient (Wildman–Crippen LogP) is 1.99. The molecule has 0 bridgehead atoms. The van der Waals surface area contributed by atoms with Gasteiger partial charge in [-0.25, -0.2) is 4.79 Å². The van der Waals surface area contributed by atoms with Crippen LogP contribution in [0.1, 0.15) is 20.9 Å². The number of carbonyl (C=O) groups is 3. The van der Waals surface area contributed by atoms with Gasteiger partial charge in [-0.05, 0) is 24.3 Å². The van der Waals surface area contributed by atoms with Crippen LogP contribution in [0.5, 0.6) is 0 Å². The molecule has 1 heterocycles. The Balaban J connectivity index is 2.02. The zero-order valence-corrected chi connectivity index (χ0v) is 12.9. The number of carbonyl (C=O) groups excluding carboxylic acids is 3. The van der Waals surface area contributed by atoms with Gasteiger partial charge in [-0.1, -0.05) is 18.2 Å². The molecule has 1 aromatic carbocycles. The van der Waals surface area contributed by atoms with Crippen LogP contribution in [0.2, 0.25) is 0 Å².